The largest absolute Gasteiger partial charge is 0.351 e. The molecule has 0 aromatic heterocycles. The molecule has 5 heteroatoms. The predicted molar refractivity (Wildman–Crippen MR) is 113 cm³/mol. The van der Waals surface area contributed by atoms with Crippen LogP contribution in [0, 0.1) is 18.3 Å². The summed E-state index contributed by atoms with van der Waals surface area (Å²) < 4.78 is 0. The first kappa shape index (κ1) is 18.4. The van der Waals surface area contributed by atoms with E-state index in [-0.39, 0.29) is 11.8 Å². The molecule has 1 aliphatic carbocycles. The molecule has 1 atom stereocenters. The summed E-state index contributed by atoms with van der Waals surface area (Å²) >= 11 is 5.73. The Morgan fingerprint density at radius 3 is 2.54 bits per heavy atom. The fraction of sp³-hybridized carbons (Fsp3) is 0.261. The summed E-state index contributed by atoms with van der Waals surface area (Å²) in [6, 6.07) is 17.7. The Bertz CT molecular complexity index is 1030. The molecule has 4 nitrogen and oxygen atoms in total. The van der Waals surface area contributed by atoms with Crippen LogP contribution in [0.5, 0.6) is 0 Å². The lowest BCUT2D eigenvalue weighted by Crippen LogP contribution is -2.48. The maximum atomic E-state index is 12.9. The molecule has 4 rings (SSSR count). The molecule has 2 aromatic rings. The third-order valence-corrected chi connectivity index (χ3v) is 5.55. The third kappa shape index (κ3) is 3.32. The first-order valence-electron chi connectivity index (χ1n) is 9.41. The lowest BCUT2D eigenvalue weighted by Gasteiger charge is -2.39. The highest BCUT2D eigenvalue weighted by Crippen LogP contribution is 2.42. The van der Waals surface area contributed by atoms with E-state index in [0.717, 1.165) is 29.7 Å². The summed E-state index contributed by atoms with van der Waals surface area (Å²) in [6.45, 7) is 3.65. The Labute approximate surface area is 170 Å². The fourth-order valence-electron chi connectivity index (χ4n) is 3.73. The molecule has 0 unspecified atom stereocenters. The first-order chi connectivity index (χ1) is 13.5. The normalized spacial score (nSPS) is 19.2. The molecule has 1 fully saturated rings. The molecule has 0 bridgehead atoms. The second-order valence-corrected chi connectivity index (χ2v) is 7.79. The number of nitrogens with one attached hydrogen (secondary N) is 1. The third-order valence-electron chi connectivity index (χ3n) is 5.24. The van der Waals surface area contributed by atoms with Crippen LogP contribution >= 0.6 is 12.2 Å². The average Bonchev–Trinajstić information content (AvgIpc) is 3.52. The highest BCUT2D eigenvalue weighted by atomic mass is 32.1. The van der Waals surface area contributed by atoms with Crippen molar-refractivity contribution in [1.82, 2.24) is 10.2 Å². The number of carbonyl (C=O) groups excluding carboxylic acids is 1. The SMILES string of the molecule is CC(=O)C1=C(c2ccc(C)cc2)N(C2CC2)C(=S)N[C@@H]1c1cccc(C#N)c1. The molecule has 140 valence electrons. The molecule has 0 radical (unpaired) electrons. The van der Waals surface area contributed by atoms with Gasteiger partial charge in [-0.2, -0.15) is 5.26 Å². The van der Waals surface area contributed by atoms with Crippen LogP contribution in [-0.2, 0) is 4.79 Å². The van der Waals surface area contributed by atoms with Gasteiger partial charge in [0, 0.05) is 11.6 Å². The van der Waals surface area contributed by atoms with Gasteiger partial charge in [-0.3, -0.25) is 4.79 Å². The summed E-state index contributed by atoms with van der Waals surface area (Å²) in [7, 11) is 0. The number of hydrogen-bond donors (Lipinski definition) is 1. The second kappa shape index (κ2) is 7.21. The van der Waals surface area contributed by atoms with Crippen LogP contribution in [0.4, 0.5) is 0 Å². The minimum atomic E-state index is -0.371. The highest BCUT2D eigenvalue weighted by molar-refractivity contribution is 7.80. The number of benzene rings is 2. The van der Waals surface area contributed by atoms with Gasteiger partial charge in [0.05, 0.1) is 23.4 Å². The number of rotatable bonds is 4. The van der Waals surface area contributed by atoms with Crippen LogP contribution in [0.25, 0.3) is 5.70 Å². The van der Waals surface area contributed by atoms with E-state index in [4.69, 9.17) is 12.2 Å². The summed E-state index contributed by atoms with van der Waals surface area (Å²) in [5.74, 6) is 0.00332. The average molecular weight is 388 g/mol. The molecular weight excluding hydrogens is 366 g/mol. The molecule has 1 aliphatic heterocycles. The van der Waals surface area contributed by atoms with Crippen molar-refractivity contribution in [3.8, 4) is 6.07 Å². The fourth-order valence-corrected chi connectivity index (χ4v) is 4.09. The van der Waals surface area contributed by atoms with Gasteiger partial charge in [-0.05, 0) is 62.2 Å². The smallest absolute Gasteiger partial charge is 0.174 e. The highest BCUT2D eigenvalue weighted by Gasteiger charge is 2.41. The van der Waals surface area contributed by atoms with Gasteiger partial charge in [0.2, 0.25) is 0 Å². The molecule has 1 heterocycles. The Morgan fingerprint density at radius 1 is 1.21 bits per heavy atom. The molecule has 1 saturated carbocycles. The lowest BCUT2D eigenvalue weighted by atomic mass is 9.89. The number of nitrogens with zero attached hydrogens (tertiary/aromatic N) is 2. The van der Waals surface area contributed by atoms with E-state index in [0.29, 0.717) is 22.3 Å². The Balaban J connectivity index is 1.94. The minimum absolute atomic E-state index is 0.00332. The van der Waals surface area contributed by atoms with Crippen molar-refractivity contribution in [2.75, 3.05) is 0 Å². The maximum absolute atomic E-state index is 12.9. The van der Waals surface area contributed by atoms with Crippen LogP contribution in [0.15, 0.2) is 54.1 Å². The Kier molecular flexibility index (Phi) is 4.74. The molecule has 2 aromatic carbocycles. The molecule has 0 saturated heterocycles. The minimum Gasteiger partial charge on any atom is -0.351 e. The summed E-state index contributed by atoms with van der Waals surface area (Å²) in [6.07, 6.45) is 2.13. The van der Waals surface area contributed by atoms with Gasteiger partial charge in [-0.25, -0.2) is 0 Å². The van der Waals surface area contributed by atoms with Crippen molar-refractivity contribution >= 4 is 28.8 Å². The number of carbonyl (C=O) groups is 1. The van der Waals surface area contributed by atoms with Crippen molar-refractivity contribution in [2.45, 2.75) is 38.8 Å². The molecule has 28 heavy (non-hydrogen) atoms. The van der Waals surface area contributed by atoms with Gasteiger partial charge in [0.25, 0.3) is 0 Å². The predicted octanol–water partition coefficient (Wildman–Crippen LogP) is 4.26. The number of ketones is 1. The number of nitriles is 1. The van der Waals surface area contributed by atoms with E-state index in [1.54, 1.807) is 13.0 Å². The first-order valence-corrected chi connectivity index (χ1v) is 9.82. The number of thiocarbonyl (C=S) groups is 1. The summed E-state index contributed by atoms with van der Waals surface area (Å²) in [5.41, 5.74) is 5.18. The van der Waals surface area contributed by atoms with E-state index in [9.17, 15) is 10.1 Å². The number of Topliss-reactive ketones (excluding diaryl/α,β-unsaturated/α-hetero) is 1. The number of hydrogen-bond acceptors (Lipinski definition) is 3. The zero-order valence-corrected chi connectivity index (χ0v) is 16.7. The molecular formula is C23H21N3OS. The van der Waals surface area contributed by atoms with Gasteiger partial charge in [-0.1, -0.05) is 42.0 Å². The number of aryl methyl sites for hydroxylation is 1. The van der Waals surface area contributed by atoms with Crippen LogP contribution in [-0.4, -0.2) is 21.8 Å². The monoisotopic (exact) mass is 387 g/mol. The van der Waals surface area contributed by atoms with Crippen LogP contribution in [0.3, 0.4) is 0 Å². The van der Waals surface area contributed by atoms with Gasteiger partial charge in [-0.15, -0.1) is 0 Å². The van der Waals surface area contributed by atoms with Gasteiger partial charge >= 0.3 is 0 Å². The van der Waals surface area contributed by atoms with Crippen molar-refractivity contribution in [3.05, 3.63) is 76.4 Å². The Morgan fingerprint density at radius 2 is 1.93 bits per heavy atom. The maximum Gasteiger partial charge on any atom is 0.174 e. The van der Waals surface area contributed by atoms with Gasteiger partial charge < -0.3 is 10.2 Å². The quantitative estimate of drug-likeness (QED) is 0.795. The van der Waals surface area contributed by atoms with Crippen LogP contribution in [0.1, 0.15) is 48.1 Å². The van der Waals surface area contributed by atoms with E-state index in [1.165, 1.54) is 5.56 Å². The Hall–Kier alpha value is -2.97. The zero-order valence-electron chi connectivity index (χ0n) is 15.9. The van der Waals surface area contributed by atoms with E-state index >= 15 is 0 Å². The van der Waals surface area contributed by atoms with Gasteiger partial charge in [0.1, 0.15) is 0 Å². The van der Waals surface area contributed by atoms with Crippen molar-refractivity contribution in [2.24, 2.45) is 0 Å². The molecule has 2 aliphatic rings. The van der Waals surface area contributed by atoms with Crippen LogP contribution < -0.4 is 5.32 Å². The zero-order chi connectivity index (χ0) is 19.8. The second-order valence-electron chi connectivity index (χ2n) is 7.41. The van der Waals surface area contributed by atoms with E-state index in [2.05, 4.69) is 40.6 Å². The molecule has 0 spiro atoms. The van der Waals surface area contributed by atoms with Crippen molar-refractivity contribution < 1.29 is 4.79 Å². The van der Waals surface area contributed by atoms with Crippen LogP contribution in [0.2, 0.25) is 0 Å². The van der Waals surface area contributed by atoms with Gasteiger partial charge in [0.15, 0.2) is 10.9 Å². The summed E-state index contributed by atoms with van der Waals surface area (Å²) in [4.78, 5) is 15.0. The van der Waals surface area contributed by atoms with Crippen molar-refractivity contribution in [3.63, 3.8) is 0 Å². The lowest BCUT2D eigenvalue weighted by molar-refractivity contribution is -0.113. The summed E-state index contributed by atoms with van der Waals surface area (Å²) in [5, 5.41) is 13.3. The topological polar surface area (TPSA) is 56.1 Å². The molecule has 1 N–H and O–H groups in total. The van der Waals surface area contributed by atoms with Crippen molar-refractivity contribution in [1.29, 1.82) is 5.26 Å². The standard InChI is InChI=1S/C23H21N3OS/c1-14-6-8-17(9-7-14)22-20(15(2)27)21(18-5-3-4-16(12-18)13-24)25-23(28)26(22)19-10-11-19/h3-9,12,19,21H,10-11H2,1-2H3,(H,25,28)/t21-/m1/s1. The van der Waals surface area contributed by atoms with E-state index in [1.807, 2.05) is 25.1 Å². The molecule has 0 amide bonds. The van der Waals surface area contributed by atoms with E-state index < -0.39 is 0 Å².